The molecule has 0 aliphatic rings. The van der Waals surface area contributed by atoms with Gasteiger partial charge in [0.15, 0.2) is 0 Å². The molecule has 2 heterocycles. The third-order valence-electron chi connectivity index (χ3n) is 3.48. The zero-order valence-electron chi connectivity index (χ0n) is 12.4. The lowest BCUT2D eigenvalue weighted by Gasteiger charge is -2.09. The number of pyridine rings is 1. The average molecular weight is 350 g/mol. The van der Waals surface area contributed by atoms with E-state index in [0.717, 1.165) is 10.9 Å². The molecule has 0 saturated carbocycles. The number of amides is 1. The SMILES string of the molecule is O=C(NO)c1cc2c(ccn2CCOc2ccc(Cl)c(F)c2)cn1. The fourth-order valence-electron chi connectivity index (χ4n) is 2.29. The maximum absolute atomic E-state index is 13.4. The Morgan fingerprint density at radius 3 is 2.96 bits per heavy atom. The first kappa shape index (κ1) is 16.2. The zero-order valence-corrected chi connectivity index (χ0v) is 13.1. The summed E-state index contributed by atoms with van der Waals surface area (Å²) in [5, 5.41) is 9.57. The second-order valence-electron chi connectivity index (χ2n) is 5.00. The minimum atomic E-state index is -0.683. The third kappa shape index (κ3) is 3.32. The highest BCUT2D eigenvalue weighted by Gasteiger charge is 2.09. The number of carbonyl (C=O) groups is 1. The van der Waals surface area contributed by atoms with Crippen molar-refractivity contribution in [3.63, 3.8) is 0 Å². The lowest BCUT2D eigenvalue weighted by molar-refractivity contribution is 0.0701. The molecule has 0 saturated heterocycles. The summed E-state index contributed by atoms with van der Waals surface area (Å²) in [4.78, 5) is 15.4. The minimum absolute atomic E-state index is 0.0425. The normalized spacial score (nSPS) is 10.8. The van der Waals surface area contributed by atoms with Crippen LogP contribution in [0.1, 0.15) is 10.5 Å². The van der Waals surface area contributed by atoms with Crippen LogP contribution in [0.3, 0.4) is 0 Å². The van der Waals surface area contributed by atoms with Crippen LogP contribution in [0.15, 0.2) is 42.7 Å². The Morgan fingerprint density at radius 1 is 1.38 bits per heavy atom. The van der Waals surface area contributed by atoms with Gasteiger partial charge in [-0.3, -0.25) is 15.0 Å². The molecule has 2 aromatic heterocycles. The molecule has 124 valence electrons. The van der Waals surface area contributed by atoms with E-state index in [-0.39, 0.29) is 10.7 Å². The van der Waals surface area contributed by atoms with E-state index in [9.17, 15) is 9.18 Å². The molecule has 8 heteroatoms. The molecule has 2 N–H and O–H groups in total. The number of rotatable bonds is 5. The Labute approximate surface area is 141 Å². The molecule has 0 radical (unpaired) electrons. The van der Waals surface area contributed by atoms with Crippen molar-refractivity contribution in [3.05, 3.63) is 59.3 Å². The number of nitrogens with one attached hydrogen (secondary N) is 1. The molecule has 0 aliphatic carbocycles. The molecular weight excluding hydrogens is 337 g/mol. The predicted molar refractivity (Wildman–Crippen MR) is 85.9 cm³/mol. The van der Waals surface area contributed by atoms with Crippen LogP contribution in [0, 0.1) is 5.82 Å². The number of ether oxygens (including phenoxy) is 1. The topological polar surface area (TPSA) is 76.4 Å². The summed E-state index contributed by atoms with van der Waals surface area (Å²) in [7, 11) is 0. The van der Waals surface area contributed by atoms with Gasteiger partial charge in [-0.15, -0.1) is 0 Å². The first-order valence-corrected chi connectivity index (χ1v) is 7.43. The summed E-state index contributed by atoms with van der Waals surface area (Å²) >= 11 is 5.62. The van der Waals surface area contributed by atoms with Crippen molar-refractivity contribution < 1.29 is 19.1 Å². The van der Waals surface area contributed by atoms with E-state index in [1.807, 2.05) is 16.8 Å². The van der Waals surface area contributed by atoms with E-state index in [1.165, 1.54) is 12.1 Å². The summed E-state index contributed by atoms with van der Waals surface area (Å²) in [6.07, 6.45) is 3.38. The zero-order chi connectivity index (χ0) is 17.1. The molecule has 24 heavy (non-hydrogen) atoms. The molecule has 0 bridgehead atoms. The second kappa shape index (κ2) is 6.86. The van der Waals surface area contributed by atoms with Gasteiger partial charge in [-0.2, -0.15) is 0 Å². The second-order valence-corrected chi connectivity index (χ2v) is 5.41. The van der Waals surface area contributed by atoms with Crippen molar-refractivity contribution >= 4 is 28.4 Å². The molecular formula is C16H13ClFN3O3. The molecule has 0 spiro atoms. The minimum Gasteiger partial charge on any atom is -0.492 e. The summed E-state index contributed by atoms with van der Waals surface area (Å²) in [6.45, 7) is 0.784. The Morgan fingerprint density at radius 2 is 2.21 bits per heavy atom. The molecule has 0 aliphatic heterocycles. The van der Waals surface area contributed by atoms with E-state index in [4.69, 9.17) is 21.5 Å². The number of hydrogen-bond donors (Lipinski definition) is 2. The van der Waals surface area contributed by atoms with Gasteiger partial charge < -0.3 is 9.30 Å². The van der Waals surface area contributed by atoms with Crippen molar-refractivity contribution in [2.24, 2.45) is 0 Å². The van der Waals surface area contributed by atoms with Gasteiger partial charge in [-0.1, -0.05) is 11.6 Å². The van der Waals surface area contributed by atoms with Gasteiger partial charge in [0.1, 0.15) is 23.9 Å². The van der Waals surface area contributed by atoms with Crippen LogP contribution in [0.2, 0.25) is 5.02 Å². The highest BCUT2D eigenvalue weighted by atomic mass is 35.5. The highest BCUT2D eigenvalue weighted by molar-refractivity contribution is 6.30. The van der Waals surface area contributed by atoms with Gasteiger partial charge in [0.2, 0.25) is 0 Å². The number of fused-ring (bicyclic) bond motifs is 1. The molecule has 0 atom stereocenters. The molecule has 0 fully saturated rings. The van der Waals surface area contributed by atoms with E-state index >= 15 is 0 Å². The standard InChI is InChI=1S/C16H13ClFN3O3/c17-12-2-1-11(7-13(12)18)24-6-5-21-4-3-10-9-19-14(8-15(10)21)16(22)20-23/h1-4,7-9,23H,5-6H2,(H,20,22). The van der Waals surface area contributed by atoms with Crippen molar-refractivity contribution in [1.29, 1.82) is 0 Å². The first-order valence-electron chi connectivity index (χ1n) is 7.05. The van der Waals surface area contributed by atoms with E-state index in [0.29, 0.717) is 18.9 Å². The van der Waals surface area contributed by atoms with Gasteiger partial charge in [0.05, 0.1) is 17.1 Å². The molecule has 1 aromatic carbocycles. The fourth-order valence-corrected chi connectivity index (χ4v) is 2.41. The third-order valence-corrected chi connectivity index (χ3v) is 3.79. The number of carbonyl (C=O) groups excluding carboxylic acids is 1. The van der Waals surface area contributed by atoms with Crippen molar-refractivity contribution in [1.82, 2.24) is 15.0 Å². The maximum atomic E-state index is 13.4. The number of benzene rings is 1. The first-order chi connectivity index (χ1) is 11.6. The molecule has 3 rings (SSSR count). The lowest BCUT2D eigenvalue weighted by atomic mass is 10.2. The monoisotopic (exact) mass is 349 g/mol. The molecule has 0 unspecified atom stereocenters. The number of hydrogen-bond acceptors (Lipinski definition) is 4. The van der Waals surface area contributed by atoms with Gasteiger partial charge in [0, 0.05) is 23.8 Å². The van der Waals surface area contributed by atoms with Crippen molar-refractivity contribution in [2.45, 2.75) is 6.54 Å². The quantitative estimate of drug-likeness (QED) is 0.548. The van der Waals surface area contributed by atoms with Crippen LogP contribution in [0.25, 0.3) is 10.9 Å². The van der Waals surface area contributed by atoms with E-state index in [1.54, 1.807) is 23.8 Å². The van der Waals surface area contributed by atoms with Gasteiger partial charge in [0.25, 0.3) is 5.91 Å². The van der Waals surface area contributed by atoms with Crippen LogP contribution in [0.5, 0.6) is 5.75 Å². The van der Waals surface area contributed by atoms with Crippen LogP contribution in [0.4, 0.5) is 4.39 Å². The number of nitrogens with zero attached hydrogens (tertiary/aromatic N) is 2. The number of halogens is 2. The number of hydroxylamine groups is 1. The average Bonchev–Trinajstić information content (AvgIpc) is 2.99. The van der Waals surface area contributed by atoms with Crippen molar-refractivity contribution in [3.8, 4) is 5.75 Å². The summed E-state index contributed by atoms with van der Waals surface area (Å²) < 4.78 is 20.7. The van der Waals surface area contributed by atoms with Crippen LogP contribution < -0.4 is 10.2 Å². The van der Waals surface area contributed by atoms with Crippen LogP contribution in [-0.2, 0) is 6.54 Å². The van der Waals surface area contributed by atoms with Crippen LogP contribution in [-0.4, -0.2) is 27.3 Å². The molecule has 1 amide bonds. The molecule has 3 aromatic rings. The van der Waals surface area contributed by atoms with Crippen molar-refractivity contribution in [2.75, 3.05) is 6.61 Å². The smallest absolute Gasteiger partial charge is 0.293 e. The Hall–Kier alpha value is -2.64. The lowest BCUT2D eigenvalue weighted by Crippen LogP contribution is -2.19. The predicted octanol–water partition coefficient (Wildman–Crippen LogP) is 3.03. The van der Waals surface area contributed by atoms with E-state index in [2.05, 4.69) is 4.98 Å². The molecule has 6 nitrogen and oxygen atoms in total. The van der Waals surface area contributed by atoms with E-state index < -0.39 is 11.7 Å². The Bertz CT molecular complexity index is 897. The largest absolute Gasteiger partial charge is 0.492 e. The summed E-state index contributed by atoms with van der Waals surface area (Å²) in [5.41, 5.74) is 2.43. The van der Waals surface area contributed by atoms with Crippen LogP contribution >= 0.6 is 11.6 Å². The highest BCUT2D eigenvalue weighted by Crippen LogP contribution is 2.21. The maximum Gasteiger partial charge on any atom is 0.293 e. The Kier molecular flexibility index (Phi) is 4.64. The van der Waals surface area contributed by atoms with Gasteiger partial charge in [-0.25, -0.2) is 9.87 Å². The van der Waals surface area contributed by atoms with Gasteiger partial charge >= 0.3 is 0 Å². The Balaban J connectivity index is 1.72. The summed E-state index contributed by atoms with van der Waals surface area (Å²) in [6, 6.07) is 7.67. The summed E-state index contributed by atoms with van der Waals surface area (Å²) in [5.74, 6) is -0.834. The fraction of sp³-hybridized carbons (Fsp3) is 0.125. The number of aromatic nitrogens is 2. The van der Waals surface area contributed by atoms with Gasteiger partial charge in [-0.05, 0) is 24.3 Å².